The zero-order chi connectivity index (χ0) is 14.8. The van der Waals surface area contributed by atoms with Crippen LogP contribution < -0.4 is 4.74 Å². The van der Waals surface area contributed by atoms with Gasteiger partial charge in [-0.25, -0.2) is 0 Å². The number of fused-ring (bicyclic) bond motifs is 1. The maximum absolute atomic E-state index is 6.27. The van der Waals surface area contributed by atoms with Gasteiger partial charge in [-0.3, -0.25) is 0 Å². The molecule has 0 aliphatic heterocycles. The van der Waals surface area contributed by atoms with E-state index in [-0.39, 0.29) is 0 Å². The SMILES string of the molecule is CCOc1cccc2c1ccn2Cc1cccc(Cl)c1Cl. The van der Waals surface area contributed by atoms with Crippen molar-refractivity contribution in [3.8, 4) is 5.75 Å². The predicted octanol–water partition coefficient (Wildman–Crippen LogP) is 5.40. The lowest BCUT2D eigenvalue weighted by atomic mass is 10.2. The highest BCUT2D eigenvalue weighted by Gasteiger charge is 2.09. The third-order valence-corrected chi connectivity index (χ3v) is 4.30. The van der Waals surface area contributed by atoms with Gasteiger partial charge in [-0.15, -0.1) is 0 Å². The molecule has 0 N–H and O–H groups in total. The molecular formula is C17H15Cl2NO. The second-order valence-electron chi connectivity index (χ2n) is 4.78. The topological polar surface area (TPSA) is 14.2 Å². The highest BCUT2D eigenvalue weighted by atomic mass is 35.5. The summed E-state index contributed by atoms with van der Waals surface area (Å²) < 4.78 is 7.81. The van der Waals surface area contributed by atoms with Crippen LogP contribution in [0.5, 0.6) is 5.75 Å². The molecule has 4 heteroatoms. The van der Waals surface area contributed by atoms with Crippen molar-refractivity contribution in [1.29, 1.82) is 0 Å². The lowest BCUT2D eigenvalue weighted by Gasteiger charge is -2.10. The van der Waals surface area contributed by atoms with Crippen LogP contribution in [0.3, 0.4) is 0 Å². The summed E-state index contributed by atoms with van der Waals surface area (Å²) in [5.41, 5.74) is 2.13. The summed E-state index contributed by atoms with van der Waals surface area (Å²) >= 11 is 12.3. The van der Waals surface area contributed by atoms with Crippen molar-refractivity contribution < 1.29 is 4.74 Å². The van der Waals surface area contributed by atoms with Gasteiger partial charge < -0.3 is 9.30 Å². The number of halogens is 2. The van der Waals surface area contributed by atoms with Crippen molar-refractivity contribution in [1.82, 2.24) is 4.57 Å². The molecule has 3 aromatic rings. The Hall–Kier alpha value is -1.64. The zero-order valence-corrected chi connectivity index (χ0v) is 13.2. The largest absolute Gasteiger partial charge is 0.493 e. The van der Waals surface area contributed by atoms with Crippen molar-refractivity contribution in [3.05, 3.63) is 64.3 Å². The molecule has 0 amide bonds. The summed E-state index contributed by atoms with van der Waals surface area (Å²) in [4.78, 5) is 0. The first-order valence-electron chi connectivity index (χ1n) is 6.84. The first-order chi connectivity index (χ1) is 10.2. The van der Waals surface area contributed by atoms with Crippen LogP contribution in [0.2, 0.25) is 10.0 Å². The number of ether oxygens (including phenoxy) is 1. The van der Waals surface area contributed by atoms with Crippen molar-refractivity contribution in [2.24, 2.45) is 0 Å². The highest BCUT2D eigenvalue weighted by Crippen LogP contribution is 2.30. The summed E-state index contributed by atoms with van der Waals surface area (Å²) in [6.45, 7) is 3.32. The third kappa shape index (κ3) is 2.74. The molecule has 0 aliphatic rings. The normalized spacial score (nSPS) is 11.0. The van der Waals surface area contributed by atoms with Gasteiger partial charge in [-0.2, -0.15) is 0 Å². The fraction of sp³-hybridized carbons (Fsp3) is 0.176. The Kier molecular flexibility index (Phi) is 4.09. The van der Waals surface area contributed by atoms with E-state index in [2.05, 4.69) is 16.7 Å². The molecule has 1 aromatic heterocycles. The molecule has 0 fully saturated rings. The predicted molar refractivity (Wildman–Crippen MR) is 88.7 cm³/mol. The number of aromatic nitrogens is 1. The quantitative estimate of drug-likeness (QED) is 0.628. The van der Waals surface area contributed by atoms with Crippen molar-refractivity contribution in [3.63, 3.8) is 0 Å². The number of rotatable bonds is 4. The molecule has 1 heterocycles. The van der Waals surface area contributed by atoms with Crippen LogP contribution >= 0.6 is 23.2 Å². The fourth-order valence-corrected chi connectivity index (χ4v) is 2.85. The zero-order valence-electron chi connectivity index (χ0n) is 11.6. The molecule has 3 rings (SSSR count). The van der Waals surface area contributed by atoms with E-state index in [1.54, 1.807) is 6.07 Å². The van der Waals surface area contributed by atoms with Crippen LogP contribution in [-0.4, -0.2) is 11.2 Å². The van der Waals surface area contributed by atoms with Crippen LogP contribution in [0.4, 0.5) is 0 Å². The lowest BCUT2D eigenvalue weighted by molar-refractivity contribution is 0.344. The number of benzene rings is 2. The fourth-order valence-electron chi connectivity index (χ4n) is 2.47. The van der Waals surface area contributed by atoms with Crippen LogP contribution in [0.15, 0.2) is 48.7 Å². The molecule has 0 aliphatic carbocycles. The molecule has 0 spiro atoms. The van der Waals surface area contributed by atoms with Gasteiger partial charge in [0, 0.05) is 18.1 Å². The lowest BCUT2D eigenvalue weighted by Crippen LogP contribution is -1.99. The Morgan fingerprint density at radius 2 is 1.86 bits per heavy atom. The van der Waals surface area contributed by atoms with Gasteiger partial charge in [0.1, 0.15) is 5.75 Å². The molecule has 2 nitrogen and oxygen atoms in total. The van der Waals surface area contributed by atoms with E-state index in [4.69, 9.17) is 27.9 Å². The molecule has 0 unspecified atom stereocenters. The van der Waals surface area contributed by atoms with Gasteiger partial charge in [0.25, 0.3) is 0 Å². The Bertz CT molecular complexity index is 780. The van der Waals surface area contributed by atoms with Crippen LogP contribution in [0.25, 0.3) is 10.9 Å². The van der Waals surface area contributed by atoms with E-state index < -0.39 is 0 Å². The van der Waals surface area contributed by atoms with Gasteiger partial charge in [0.05, 0.1) is 22.2 Å². The molecule has 108 valence electrons. The average Bonchev–Trinajstić information content (AvgIpc) is 2.89. The van der Waals surface area contributed by atoms with Crippen LogP contribution in [0.1, 0.15) is 12.5 Å². The molecule has 0 radical (unpaired) electrons. The highest BCUT2D eigenvalue weighted by molar-refractivity contribution is 6.42. The molecule has 0 saturated heterocycles. The first-order valence-corrected chi connectivity index (χ1v) is 7.60. The number of nitrogens with zero attached hydrogens (tertiary/aromatic N) is 1. The van der Waals surface area contributed by atoms with Crippen LogP contribution in [0, 0.1) is 0 Å². The molecule has 0 bridgehead atoms. The van der Waals surface area contributed by atoms with Crippen molar-refractivity contribution >= 4 is 34.1 Å². The monoisotopic (exact) mass is 319 g/mol. The minimum Gasteiger partial charge on any atom is -0.493 e. The minimum absolute atomic E-state index is 0.584. The summed E-state index contributed by atoms with van der Waals surface area (Å²) in [6.07, 6.45) is 2.05. The van der Waals surface area contributed by atoms with E-state index in [0.717, 1.165) is 22.2 Å². The molecule has 0 saturated carbocycles. The minimum atomic E-state index is 0.584. The summed E-state index contributed by atoms with van der Waals surface area (Å²) in [5.74, 6) is 0.908. The van der Waals surface area contributed by atoms with E-state index in [9.17, 15) is 0 Å². The van der Waals surface area contributed by atoms with Crippen molar-refractivity contribution in [2.45, 2.75) is 13.5 Å². The smallest absolute Gasteiger partial charge is 0.128 e. The maximum Gasteiger partial charge on any atom is 0.128 e. The number of hydrogen-bond donors (Lipinski definition) is 0. The molecule has 2 aromatic carbocycles. The average molecular weight is 320 g/mol. The second kappa shape index (κ2) is 6.00. The van der Waals surface area contributed by atoms with Gasteiger partial charge in [-0.05, 0) is 36.8 Å². The Balaban J connectivity index is 2.02. The van der Waals surface area contributed by atoms with Gasteiger partial charge in [-0.1, -0.05) is 41.4 Å². The summed E-state index contributed by atoms with van der Waals surface area (Å²) in [7, 11) is 0. The van der Waals surface area contributed by atoms with E-state index >= 15 is 0 Å². The summed E-state index contributed by atoms with van der Waals surface area (Å²) in [6, 6.07) is 13.8. The van der Waals surface area contributed by atoms with E-state index in [1.165, 1.54) is 0 Å². The van der Waals surface area contributed by atoms with Gasteiger partial charge in [0.15, 0.2) is 0 Å². The summed E-state index contributed by atoms with van der Waals surface area (Å²) in [5, 5.41) is 2.31. The second-order valence-corrected chi connectivity index (χ2v) is 5.56. The van der Waals surface area contributed by atoms with Crippen LogP contribution in [-0.2, 0) is 6.54 Å². The molecule has 0 atom stereocenters. The Morgan fingerprint density at radius 3 is 2.67 bits per heavy atom. The molecule has 21 heavy (non-hydrogen) atoms. The van der Waals surface area contributed by atoms with Gasteiger partial charge >= 0.3 is 0 Å². The van der Waals surface area contributed by atoms with E-state index in [0.29, 0.717) is 23.2 Å². The van der Waals surface area contributed by atoms with Crippen molar-refractivity contribution in [2.75, 3.05) is 6.61 Å². The Morgan fingerprint density at radius 1 is 1.05 bits per heavy atom. The standard InChI is InChI=1S/C17H15Cl2NO/c1-2-21-16-8-4-7-15-13(16)9-10-20(15)11-12-5-3-6-14(18)17(12)19/h3-10H,2,11H2,1H3. The van der Waals surface area contributed by atoms with Gasteiger partial charge in [0.2, 0.25) is 0 Å². The maximum atomic E-state index is 6.27. The third-order valence-electron chi connectivity index (χ3n) is 3.45. The molecular weight excluding hydrogens is 305 g/mol. The number of hydrogen-bond acceptors (Lipinski definition) is 1. The first kappa shape index (κ1) is 14.3. The van der Waals surface area contributed by atoms with E-state index in [1.807, 2.05) is 37.4 Å². The Labute approximate surface area is 133 Å².